The molecule has 3 rings (SSSR count). The second kappa shape index (κ2) is 11.8. The highest BCUT2D eigenvalue weighted by Crippen LogP contribution is 2.27. The lowest BCUT2D eigenvalue weighted by Crippen LogP contribution is -2.50. The van der Waals surface area contributed by atoms with E-state index in [1.165, 1.54) is 24.1 Å². The normalized spacial score (nSPS) is 12.0. The smallest absolute Gasteiger partial charge is 0.264 e. The molecule has 0 spiro atoms. The Morgan fingerprint density at radius 2 is 1.54 bits per heavy atom. The van der Waals surface area contributed by atoms with Crippen molar-refractivity contribution in [3.63, 3.8) is 0 Å². The molecular weight excluding hydrogens is 598 g/mol. The van der Waals surface area contributed by atoms with Gasteiger partial charge in [-0.05, 0) is 55.0 Å². The predicted octanol–water partition coefficient (Wildman–Crippen LogP) is 4.57. The molecule has 0 radical (unpaired) electrons. The van der Waals surface area contributed by atoms with Crippen molar-refractivity contribution in [3.8, 4) is 0 Å². The number of carbonyl (C=O) groups is 2. The van der Waals surface area contributed by atoms with E-state index in [1.54, 1.807) is 49.4 Å². The molecule has 0 fully saturated rings. The Balaban J connectivity index is 2.02. The zero-order valence-corrected chi connectivity index (χ0v) is 23.2. The molecule has 184 valence electrons. The van der Waals surface area contributed by atoms with Crippen LogP contribution in [0.2, 0.25) is 0 Å². The van der Waals surface area contributed by atoms with E-state index in [-0.39, 0.29) is 17.3 Å². The highest BCUT2D eigenvalue weighted by atomic mass is 79.9. The first-order chi connectivity index (χ1) is 16.6. The van der Waals surface area contributed by atoms with Crippen LogP contribution in [0.1, 0.15) is 12.5 Å². The first kappa shape index (κ1) is 26.9. The van der Waals surface area contributed by atoms with Gasteiger partial charge in [0.2, 0.25) is 11.8 Å². The lowest BCUT2D eigenvalue weighted by molar-refractivity contribution is -0.139. The molecule has 0 saturated heterocycles. The Bertz CT molecular complexity index is 1300. The molecule has 35 heavy (non-hydrogen) atoms. The number of amides is 2. The summed E-state index contributed by atoms with van der Waals surface area (Å²) in [5.41, 5.74) is 1.12. The van der Waals surface area contributed by atoms with Gasteiger partial charge in [-0.2, -0.15) is 0 Å². The SMILES string of the molecule is CNC(=O)[C@H](C)N(Cc1cccc(Br)c1)C(=O)CN(c1cccc(Br)c1)S(=O)(=O)c1ccccc1. The van der Waals surface area contributed by atoms with Crippen LogP contribution in [0.15, 0.2) is 92.7 Å². The first-order valence-corrected chi connectivity index (χ1v) is 13.7. The summed E-state index contributed by atoms with van der Waals surface area (Å²) in [5, 5.41) is 2.57. The number of halogens is 2. The zero-order valence-electron chi connectivity index (χ0n) is 19.2. The fraction of sp³-hybridized carbons (Fsp3) is 0.200. The van der Waals surface area contributed by atoms with E-state index < -0.39 is 28.5 Å². The van der Waals surface area contributed by atoms with Crippen LogP contribution in [0, 0.1) is 0 Å². The fourth-order valence-electron chi connectivity index (χ4n) is 3.50. The van der Waals surface area contributed by atoms with E-state index >= 15 is 0 Å². The lowest BCUT2D eigenvalue weighted by Gasteiger charge is -2.31. The summed E-state index contributed by atoms with van der Waals surface area (Å²) >= 11 is 6.80. The summed E-state index contributed by atoms with van der Waals surface area (Å²) in [6.45, 7) is 1.26. The number of rotatable bonds is 9. The van der Waals surface area contributed by atoms with Gasteiger partial charge in [-0.3, -0.25) is 13.9 Å². The van der Waals surface area contributed by atoms with E-state index in [9.17, 15) is 18.0 Å². The average molecular weight is 623 g/mol. The van der Waals surface area contributed by atoms with Crippen molar-refractivity contribution in [2.45, 2.75) is 24.4 Å². The molecule has 0 saturated carbocycles. The largest absolute Gasteiger partial charge is 0.357 e. The molecule has 0 aromatic heterocycles. The molecule has 1 atom stereocenters. The summed E-state index contributed by atoms with van der Waals surface area (Å²) in [4.78, 5) is 27.6. The van der Waals surface area contributed by atoms with Crippen molar-refractivity contribution in [2.75, 3.05) is 17.9 Å². The Hall–Kier alpha value is -2.69. The number of benzene rings is 3. The highest BCUT2D eigenvalue weighted by Gasteiger charge is 2.32. The van der Waals surface area contributed by atoms with Gasteiger partial charge in [0.1, 0.15) is 12.6 Å². The van der Waals surface area contributed by atoms with E-state index in [0.29, 0.717) is 10.2 Å². The third kappa shape index (κ3) is 6.71. The topological polar surface area (TPSA) is 86.8 Å². The molecule has 0 aliphatic rings. The van der Waals surface area contributed by atoms with Crippen LogP contribution in [-0.2, 0) is 26.2 Å². The Labute approximate surface area is 222 Å². The van der Waals surface area contributed by atoms with Gasteiger partial charge in [0.15, 0.2) is 0 Å². The van der Waals surface area contributed by atoms with Gasteiger partial charge in [0.05, 0.1) is 10.6 Å². The summed E-state index contributed by atoms with van der Waals surface area (Å²) in [6.07, 6.45) is 0. The number of carbonyl (C=O) groups excluding carboxylic acids is 2. The molecule has 3 aromatic carbocycles. The fourth-order valence-corrected chi connectivity index (χ4v) is 5.76. The van der Waals surface area contributed by atoms with Crippen LogP contribution in [0.3, 0.4) is 0 Å². The number of hydrogen-bond donors (Lipinski definition) is 1. The third-order valence-electron chi connectivity index (χ3n) is 5.36. The minimum absolute atomic E-state index is 0.0608. The van der Waals surface area contributed by atoms with Gasteiger partial charge in [-0.1, -0.05) is 68.3 Å². The standard InChI is InChI=1S/C25H25Br2N3O4S/c1-18(25(32)28-2)29(16-19-8-6-9-20(26)14-19)24(31)17-30(22-11-7-10-21(27)15-22)35(33,34)23-12-4-3-5-13-23/h3-15,18H,16-17H2,1-2H3,(H,28,32)/t18-/m0/s1. The predicted molar refractivity (Wildman–Crippen MR) is 143 cm³/mol. The summed E-state index contributed by atoms with van der Waals surface area (Å²) in [5.74, 6) is -0.867. The van der Waals surface area contributed by atoms with Crippen molar-refractivity contribution in [2.24, 2.45) is 0 Å². The molecule has 2 amide bonds. The average Bonchev–Trinajstić information content (AvgIpc) is 2.85. The molecule has 7 nitrogen and oxygen atoms in total. The molecule has 10 heteroatoms. The third-order valence-corrected chi connectivity index (χ3v) is 8.14. The quantitative estimate of drug-likeness (QED) is 0.379. The molecule has 0 aliphatic heterocycles. The van der Waals surface area contributed by atoms with Crippen molar-refractivity contribution in [3.05, 3.63) is 93.4 Å². The van der Waals surface area contributed by atoms with Gasteiger partial charge in [-0.25, -0.2) is 8.42 Å². The summed E-state index contributed by atoms with van der Waals surface area (Å²) < 4.78 is 29.8. The molecule has 0 bridgehead atoms. The number of anilines is 1. The number of nitrogens with one attached hydrogen (secondary N) is 1. The van der Waals surface area contributed by atoms with Crippen molar-refractivity contribution in [1.82, 2.24) is 10.2 Å². The van der Waals surface area contributed by atoms with Gasteiger partial charge in [0.25, 0.3) is 10.0 Å². The van der Waals surface area contributed by atoms with Gasteiger partial charge >= 0.3 is 0 Å². The number of nitrogens with zero attached hydrogens (tertiary/aromatic N) is 2. The molecule has 3 aromatic rings. The van der Waals surface area contributed by atoms with Crippen molar-refractivity contribution >= 4 is 59.4 Å². The van der Waals surface area contributed by atoms with Crippen LogP contribution >= 0.6 is 31.9 Å². The Morgan fingerprint density at radius 3 is 2.14 bits per heavy atom. The molecule has 0 unspecified atom stereocenters. The van der Waals surface area contributed by atoms with Gasteiger partial charge < -0.3 is 10.2 Å². The minimum atomic E-state index is -4.07. The Morgan fingerprint density at radius 1 is 0.914 bits per heavy atom. The maximum Gasteiger partial charge on any atom is 0.264 e. The summed E-state index contributed by atoms with van der Waals surface area (Å²) in [6, 6.07) is 21.2. The highest BCUT2D eigenvalue weighted by molar-refractivity contribution is 9.10. The number of likely N-dealkylation sites (N-methyl/N-ethyl adjacent to an activating group) is 1. The van der Waals surface area contributed by atoms with E-state index in [0.717, 1.165) is 14.3 Å². The van der Waals surface area contributed by atoms with E-state index in [2.05, 4.69) is 37.2 Å². The Kier molecular flexibility index (Phi) is 9.09. The molecular formula is C25H25Br2N3O4S. The van der Waals surface area contributed by atoms with Crippen molar-refractivity contribution in [1.29, 1.82) is 0 Å². The maximum absolute atomic E-state index is 13.7. The molecule has 0 heterocycles. The number of sulfonamides is 1. The second-order valence-electron chi connectivity index (χ2n) is 7.75. The van der Waals surface area contributed by atoms with Crippen LogP contribution < -0.4 is 9.62 Å². The second-order valence-corrected chi connectivity index (χ2v) is 11.4. The number of hydrogen-bond acceptors (Lipinski definition) is 4. The van der Waals surface area contributed by atoms with Crippen LogP contribution in [0.25, 0.3) is 0 Å². The van der Waals surface area contributed by atoms with E-state index in [4.69, 9.17) is 0 Å². The first-order valence-electron chi connectivity index (χ1n) is 10.7. The maximum atomic E-state index is 13.7. The zero-order chi connectivity index (χ0) is 25.6. The minimum Gasteiger partial charge on any atom is -0.357 e. The van der Waals surface area contributed by atoms with Crippen molar-refractivity contribution < 1.29 is 18.0 Å². The van der Waals surface area contributed by atoms with Gasteiger partial charge in [-0.15, -0.1) is 0 Å². The van der Waals surface area contributed by atoms with Crippen LogP contribution in [0.4, 0.5) is 5.69 Å². The lowest BCUT2D eigenvalue weighted by atomic mass is 10.1. The van der Waals surface area contributed by atoms with Gasteiger partial charge in [0, 0.05) is 22.5 Å². The molecule has 0 aliphatic carbocycles. The van der Waals surface area contributed by atoms with Crippen LogP contribution in [0.5, 0.6) is 0 Å². The monoisotopic (exact) mass is 621 g/mol. The van der Waals surface area contributed by atoms with Crippen LogP contribution in [-0.4, -0.2) is 44.8 Å². The summed E-state index contributed by atoms with van der Waals surface area (Å²) in [7, 11) is -2.58. The van der Waals surface area contributed by atoms with E-state index in [1.807, 2.05) is 24.3 Å². The molecule has 1 N–H and O–H groups in total.